The number of hydrogen-bond acceptors (Lipinski definition) is 0. The van der Waals surface area contributed by atoms with Crippen LogP contribution >= 0.6 is 0 Å². The lowest BCUT2D eigenvalue weighted by molar-refractivity contribution is 0.188. The van der Waals surface area contributed by atoms with Crippen LogP contribution in [0, 0.1) is 17.8 Å². The lowest BCUT2D eigenvalue weighted by Crippen LogP contribution is -2.25. The molecule has 0 radical (unpaired) electrons. The first-order valence-electron chi connectivity index (χ1n) is 6.06. The van der Waals surface area contributed by atoms with Gasteiger partial charge in [0.15, 0.2) is 0 Å². The summed E-state index contributed by atoms with van der Waals surface area (Å²) in [6, 6.07) is 0. The Labute approximate surface area is 82.4 Å². The molecular formula is C13H22. The highest BCUT2D eigenvalue weighted by Crippen LogP contribution is 2.41. The number of hydrogen-bond donors (Lipinski definition) is 0. The summed E-state index contributed by atoms with van der Waals surface area (Å²) in [7, 11) is 0. The summed E-state index contributed by atoms with van der Waals surface area (Å²) in [5, 5.41) is 0. The molecule has 0 aromatic heterocycles. The lowest BCUT2D eigenvalue weighted by Gasteiger charge is -2.36. The summed E-state index contributed by atoms with van der Waals surface area (Å²) in [4.78, 5) is 0. The summed E-state index contributed by atoms with van der Waals surface area (Å²) in [6.45, 7) is 2.33. The highest BCUT2D eigenvalue weighted by Gasteiger charge is 2.29. The zero-order chi connectivity index (χ0) is 9.10. The van der Waals surface area contributed by atoms with Crippen molar-refractivity contribution in [3.8, 4) is 0 Å². The molecular weight excluding hydrogens is 156 g/mol. The number of allylic oxidation sites excluding steroid dienone is 2. The Hall–Kier alpha value is -0.260. The fourth-order valence-electron chi connectivity index (χ4n) is 3.22. The van der Waals surface area contributed by atoms with Crippen molar-refractivity contribution < 1.29 is 0 Å². The molecule has 2 aliphatic rings. The summed E-state index contributed by atoms with van der Waals surface area (Å²) in [5.41, 5.74) is 0. The Kier molecular flexibility index (Phi) is 3.08. The molecule has 0 nitrogen and oxygen atoms in total. The molecule has 3 unspecified atom stereocenters. The van der Waals surface area contributed by atoms with Crippen molar-refractivity contribution in [1.82, 2.24) is 0 Å². The Balaban J connectivity index is 1.89. The van der Waals surface area contributed by atoms with Crippen molar-refractivity contribution in [3.05, 3.63) is 12.2 Å². The normalized spacial score (nSPS) is 38.7. The van der Waals surface area contributed by atoms with Crippen molar-refractivity contribution >= 4 is 0 Å². The Morgan fingerprint density at radius 2 is 2.15 bits per heavy atom. The maximum absolute atomic E-state index is 2.50. The van der Waals surface area contributed by atoms with Gasteiger partial charge in [-0.2, -0.15) is 0 Å². The number of rotatable bonds is 2. The molecule has 0 heterocycles. The summed E-state index contributed by atoms with van der Waals surface area (Å²) >= 11 is 0. The van der Waals surface area contributed by atoms with E-state index in [0.717, 1.165) is 17.8 Å². The van der Waals surface area contributed by atoms with Gasteiger partial charge in [-0.15, -0.1) is 0 Å². The van der Waals surface area contributed by atoms with Crippen molar-refractivity contribution in [1.29, 1.82) is 0 Å². The van der Waals surface area contributed by atoms with E-state index in [-0.39, 0.29) is 0 Å². The first-order chi connectivity index (χ1) is 6.40. The van der Waals surface area contributed by atoms with Gasteiger partial charge in [-0.1, -0.05) is 31.9 Å². The highest BCUT2D eigenvalue weighted by atomic mass is 14.3. The van der Waals surface area contributed by atoms with E-state index in [2.05, 4.69) is 19.1 Å². The van der Waals surface area contributed by atoms with Gasteiger partial charge >= 0.3 is 0 Å². The molecule has 0 aromatic carbocycles. The molecule has 74 valence electrons. The second-order valence-electron chi connectivity index (χ2n) is 4.90. The van der Waals surface area contributed by atoms with Gasteiger partial charge < -0.3 is 0 Å². The molecule has 2 aliphatic carbocycles. The molecule has 0 N–H and O–H groups in total. The van der Waals surface area contributed by atoms with Gasteiger partial charge in [-0.05, 0) is 49.9 Å². The third-order valence-electron chi connectivity index (χ3n) is 3.93. The zero-order valence-electron chi connectivity index (χ0n) is 8.84. The van der Waals surface area contributed by atoms with E-state index in [9.17, 15) is 0 Å². The quantitative estimate of drug-likeness (QED) is 0.557. The van der Waals surface area contributed by atoms with Crippen LogP contribution in [0.5, 0.6) is 0 Å². The zero-order valence-corrected chi connectivity index (χ0v) is 8.84. The van der Waals surface area contributed by atoms with Gasteiger partial charge in [0.05, 0.1) is 0 Å². The van der Waals surface area contributed by atoms with E-state index >= 15 is 0 Å². The SMILES string of the molecule is CCCC1CCC2C=CCCC2C1. The Bertz CT molecular complexity index is 180. The molecule has 0 aliphatic heterocycles. The van der Waals surface area contributed by atoms with E-state index in [1.54, 1.807) is 0 Å². The third-order valence-corrected chi connectivity index (χ3v) is 3.93. The standard InChI is InChI=1S/C13H22/c1-2-5-11-8-9-12-6-3-4-7-13(12)10-11/h3,6,11-13H,2,4-5,7-10H2,1H3. The van der Waals surface area contributed by atoms with E-state index in [4.69, 9.17) is 0 Å². The lowest BCUT2D eigenvalue weighted by atomic mass is 9.69. The van der Waals surface area contributed by atoms with Crippen LogP contribution < -0.4 is 0 Å². The predicted molar refractivity (Wildman–Crippen MR) is 57.6 cm³/mol. The van der Waals surface area contributed by atoms with Crippen molar-refractivity contribution in [2.75, 3.05) is 0 Å². The van der Waals surface area contributed by atoms with E-state index in [1.807, 2.05) is 0 Å². The second-order valence-corrected chi connectivity index (χ2v) is 4.90. The van der Waals surface area contributed by atoms with Gasteiger partial charge in [0, 0.05) is 0 Å². The molecule has 0 aromatic rings. The first kappa shape index (κ1) is 9.30. The smallest absolute Gasteiger partial charge is 0.0205 e. The minimum absolute atomic E-state index is 0.960. The van der Waals surface area contributed by atoms with Crippen LogP contribution in [0.25, 0.3) is 0 Å². The molecule has 0 spiro atoms. The van der Waals surface area contributed by atoms with Crippen LogP contribution in [-0.2, 0) is 0 Å². The summed E-state index contributed by atoms with van der Waals surface area (Å²) in [5.74, 6) is 3.08. The fraction of sp³-hybridized carbons (Fsp3) is 0.846. The van der Waals surface area contributed by atoms with Gasteiger partial charge in [-0.3, -0.25) is 0 Å². The minimum Gasteiger partial charge on any atom is -0.0882 e. The predicted octanol–water partition coefficient (Wildman–Crippen LogP) is 4.17. The summed E-state index contributed by atoms with van der Waals surface area (Å²) in [6.07, 6.45) is 15.1. The van der Waals surface area contributed by atoms with Crippen LogP contribution in [-0.4, -0.2) is 0 Å². The first-order valence-corrected chi connectivity index (χ1v) is 6.06. The maximum atomic E-state index is 2.50. The molecule has 0 bridgehead atoms. The van der Waals surface area contributed by atoms with Gasteiger partial charge in [0.25, 0.3) is 0 Å². The Morgan fingerprint density at radius 3 is 3.00 bits per heavy atom. The van der Waals surface area contributed by atoms with E-state index in [0.29, 0.717) is 0 Å². The topological polar surface area (TPSA) is 0 Å². The van der Waals surface area contributed by atoms with Crippen LogP contribution in [0.15, 0.2) is 12.2 Å². The molecule has 3 atom stereocenters. The van der Waals surface area contributed by atoms with Gasteiger partial charge in [0.2, 0.25) is 0 Å². The molecule has 1 fully saturated rings. The third kappa shape index (κ3) is 2.15. The van der Waals surface area contributed by atoms with Crippen LogP contribution in [0.2, 0.25) is 0 Å². The fourth-order valence-corrected chi connectivity index (χ4v) is 3.22. The Morgan fingerprint density at radius 1 is 1.23 bits per heavy atom. The second kappa shape index (κ2) is 4.30. The monoisotopic (exact) mass is 178 g/mol. The molecule has 0 saturated heterocycles. The van der Waals surface area contributed by atoms with Crippen LogP contribution in [0.4, 0.5) is 0 Å². The molecule has 2 rings (SSSR count). The molecule has 13 heavy (non-hydrogen) atoms. The molecule has 0 heteroatoms. The molecule has 0 amide bonds. The van der Waals surface area contributed by atoms with Crippen LogP contribution in [0.3, 0.4) is 0 Å². The van der Waals surface area contributed by atoms with Crippen molar-refractivity contribution in [2.24, 2.45) is 17.8 Å². The average Bonchev–Trinajstić information content (AvgIpc) is 2.18. The van der Waals surface area contributed by atoms with Crippen LogP contribution in [0.1, 0.15) is 51.9 Å². The largest absolute Gasteiger partial charge is 0.0882 e. The minimum atomic E-state index is 0.960. The van der Waals surface area contributed by atoms with E-state index in [1.165, 1.54) is 44.9 Å². The number of fused-ring (bicyclic) bond motifs is 1. The van der Waals surface area contributed by atoms with Crippen molar-refractivity contribution in [2.45, 2.75) is 51.9 Å². The maximum Gasteiger partial charge on any atom is -0.0205 e. The van der Waals surface area contributed by atoms with Gasteiger partial charge in [0.1, 0.15) is 0 Å². The highest BCUT2D eigenvalue weighted by molar-refractivity contribution is 4.99. The van der Waals surface area contributed by atoms with E-state index < -0.39 is 0 Å². The van der Waals surface area contributed by atoms with Gasteiger partial charge in [-0.25, -0.2) is 0 Å². The average molecular weight is 178 g/mol. The molecule has 1 saturated carbocycles. The summed E-state index contributed by atoms with van der Waals surface area (Å²) < 4.78 is 0. The van der Waals surface area contributed by atoms with Crippen molar-refractivity contribution in [3.63, 3.8) is 0 Å².